The molecule has 28 heavy (non-hydrogen) atoms. The molecule has 0 N–H and O–H groups in total. The number of para-hydroxylation sites is 1. The first-order valence-corrected chi connectivity index (χ1v) is 9.95. The van der Waals surface area contributed by atoms with Crippen molar-refractivity contribution in [3.8, 4) is 0 Å². The predicted molar refractivity (Wildman–Crippen MR) is 114 cm³/mol. The van der Waals surface area contributed by atoms with Crippen LogP contribution in [0.15, 0.2) is 54.6 Å². The van der Waals surface area contributed by atoms with Gasteiger partial charge >= 0.3 is 5.97 Å². The van der Waals surface area contributed by atoms with E-state index >= 15 is 0 Å². The van der Waals surface area contributed by atoms with Crippen molar-refractivity contribution in [3.05, 3.63) is 70.7 Å². The average Bonchev–Trinajstić information content (AvgIpc) is 3.08. The van der Waals surface area contributed by atoms with Crippen molar-refractivity contribution < 1.29 is 14.3 Å². The zero-order valence-corrected chi connectivity index (χ0v) is 17.2. The van der Waals surface area contributed by atoms with Crippen LogP contribution in [-0.2, 0) is 14.9 Å². The maximum atomic E-state index is 12.5. The fraction of sp³-hybridized carbons (Fsp3) is 0.261. The fourth-order valence-electron chi connectivity index (χ4n) is 2.74. The second-order valence-electron chi connectivity index (χ2n) is 7.62. The van der Waals surface area contributed by atoms with Gasteiger partial charge in [-0.15, -0.1) is 11.3 Å². The molecule has 0 amide bonds. The first-order valence-electron chi connectivity index (χ1n) is 9.13. The third-order valence-electron chi connectivity index (χ3n) is 4.37. The lowest BCUT2D eigenvalue weighted by Crippen LogP contribution is -2.23. The zero-order valence-electron chi connectivity index (χ0n) is 16.4. The number of hydrogen-bond donors (Lipinski definition) is 0. The van der Waals surface area contributed by atoms with Gasteiger partial charge in [0.05, 0.1) is 10.2 Å². The number of aromatic nitrogens is 1. The summed E-state index contributed by atoms with van der Waals surface area (Å²) in [5.74, 6) is -0.784. The van der Waals surface area contributed by atoms with Crippen molar-refractivity contribution in [1.29, 1.82) is 0 Å². The molecule has 4 nitrogen and oxygen atoms in total. The van der Waals surface area contributed by atoms with Gasteiger partial charge in [0.1, 0.15) is 5.01 Å². The molecule has 0 aliphatic heterocycles. The molecule has 144 valence electrons. The molecule has 1 unspecified atom stereocenters. The number of nitrogens with zero attached hydrogens (tertiary/aromatic N) is 1. The molecule has 0 radical (unpaired) electrons. The minimum Gasteiger partial charge on any atom is -0.451 e. The van der Waals surface area contributed by atoms with Crippen LogP contribution in [0.5, 0.6) is 0 Å². The van der Waals surface area contributed by atoms with Crippen molar-refractivity contribution in [3.63, 3.8) is 0 Å². The number of rotatable bonds is 5. The highest BCUT2D eigenvalue weighted by Crippen LogP contribution is 2.23. The Morgan fingerprint density at radius 2 is 1.75 bits per heavy atom. The average molecular weight is 394 g/mol. The third kappa shape index (κ3) is 4.73. The molecular weight excluding hydrogens is 370 g/mol. The number of carbonyl (C=O) groups is 2. The molecule has 1 aromatic heterocycles. The van der Waals surface area contributed by atoms with E-state index in [-0.39, 0.29) is 11.2 Å². The molecule has 0 saturated heterocycles. The Labute approximate surface area is 168 Å². The molecule has 5 heteroatoms. The van der Waals surface area contributed by atoms with Crippen LogP contribution in [0, 0.1) is 0 Å². The number of benzene rings is 2. The van der Waals surface area contributed by atoms with E-state index in [4.69, 9.17) is 4.74 Å². The molecule has 0 aliphatic carbocycles. The quantitative estimate of drug-likeness (QED) is 0.330. The van der Waals surface area contributed by atoms with Gasteiger partial charge in [-0.05, 0) is 36.1 Å². The van der Waals surface area contributed by atoms with Crippen LogP contribution in [0.1, 0.15) is 48.6 Å². The van der Waals surface area contributed by atoms with E-state index in [2.05, 4.69) is 25.8 Å². The second kappa shape index (κ2) is 8.07. The highest BCUT2D eigenvalue weighted by Gasteiger charge is 2.20. The summed E-state index contributed by atoms with van der Waals surface area (Å²) in [7, 11) is 0. The molecule has 0 spiro atoms. The fourth-order valence-corrected chi connectivity index (χ4v) is 3.61. The van der Waals surface area contributed by atoms with Gasteiger partial charge in [-0.3, -0.25) is 4.79 Å². The number of ether oxygens (including phenoxy) is 1. The topological polar surface area (TPSA) is 56.3 Å². The lowest BCUT2D eigenvalue weighted by Gasteiger charge is -2.19. The smallest absolute Gasteiger partial charge is 0.331 e. The number of thiazole rings is 1. The van der Waals surface area contributed by atoms with E-state index in [9.17, 15) is 9.59 Å². The normalized spacial score (nSPS) is 13.0. The van der Waals surface area contributed by atoms with E-state index in [0.717, 1.165) is 20.8 Å². The lowest BCUT2D eigenvalue weighted by atomic mass is 9.86. The Bertz CT molecular complexity index is 993. The van der Waals surface area contributed by atoms with E-state index in [1.807, 2.05) is 36.4 Å². The second-order valence-corrected chi connectivity index (χ2v) is 8.69. The van der Waals surface area contributed by atoms with Crippen molar-refractivity contribution >= 4 is 39.4 Å². The van der Waals surface area contributed by atoms with Gasteiger partial charge in [-0.25, -0.2) is 9.78 Å². The SMILES string of the molecule is CC(OC(=O)/C=C/c1nc2ccccc2s1)C(=O)c1ccc(C(C)(C)C)cc1. The van der Waals surface area contributed by atoms with Crippen LogP contribution in [0.3, 0.4) is 0 Å². The Morgan fingerprint density at radius 1 is 1.07 bits per heavy atom. The van der Waals surface area contributed by atoms with Gasteiger partial charge < -0.3 is 4.74 Å². The van der Waals surface area contributed by atoms with E-state index in [1.165, 1.54) is 17.4 Å². The van der Waals surface area contributed by atoms with Crippen LogP contribution in [0.2, 0.25) is 0 Å². The molecule has 3 aromatic rings. The molecule has 0 bridgehead atoms. The minimum absolute atomic E-state index is 0.0189. The standard InChI is InChI=1S/C23H23NO3S/c1-15(22(26)16-9-11-17(12-10-16)23(2,3)4)27-21(25)14-13-20-24-18-7-5-6-8-19(18)28-20/h5-15H,1-4H3/b14-13+. The van der Waals surface area contributed by atoms with E-state index in [0.29, 0.717) is 5.56 Å². The molecule has 1 heterocycles. The number of esters is 1. The Morgan fingerprint density at radius 3 is 2.39 bits per heavy atom. The van der Waals surface area contributed by atoms with Gasteiger partial charge in [0, 0.05) is 11.6 Å². The Kier molecular flexibility index (Phi) is 5.75. The molecule has 0 aliphatic rings. The third-order valence-corrected chi connectivity index (χ3v) is 5.37. The number of ketones is 1. The minimum atomic E-state index is -0.854. The van der Waals surface area contributed by atoms with Crippen LogP contribution in [0.4, 0.5) is 0 Å². The number of Topliss-reactive ketones (excluding diaryl/α,β-unsaturated/α-hetero) is 1. The number of carbonyl (C=O) groups excluding carboxylic acids is 2. The monoisotopic (exact) mass is 393 g/mol. The highest BCUT2D eigenvalue weighted by atomic mass is 32.1. The van der Waals surface area contributed by atoms with Crippen molar-refractivity contribution in [1.82, 2.24) is 4.98 Å². The molecule has 2 aromatic carbocycles. The summed E-state index contributed by atoms with van der Waals surface area (Å²) >= 11 is 1.49. The Balaban J connectivity index is 1.62. The molecule has 0 fully saturated rings. The Hall–Kier alpha value is -2.79. The first-order chi connectivity index (χ1) is 13.2. The maximum Gasteiger partial charge on any atom is 0.331 e. The van der Waals surface area contributed by atoms with Gasteiger partial charge in [-0.2, -0.15) is 0 Å². The highest BCUT2D eigenvalue weighted by molar-refractivity contribution is 7.19. The van der Waals surface area contributed by atoms with Gasteiger partial charge in [0.2, 0.25) is 5.78 Å². The maximum absolute atomic E-state index is 12.5. The van der Waals surface area contributed by atoms with Crippen LogP contribution in [0.25, 0.3) is 16.3 Å². The summed E-state index contributed by atoms with van der Waals surface area (Å²) in [4.78, 5) is 29.0. The van der Waals surface area contributed by atoms with Crippen molar-refractivity contribution in [2.24, 2.45) is 0 Å². The predicted octanol–water partition coefficient (Wildman–Crippen LogP) is 5.42. The number of fused-ring (bicyclic) bond motifs is 1. The molecular formula is C23H23NO3S. The van der Waals surface area contributed by atoms with E-state index < -0.39 is 12.1 Å². The molecule has 1 atom stereocenters. The van der Waals surface area contributed by atoms with Crippen molar-refractivity contribution in [2.75, 3.05) is 0 Å². The zero-order chi connectivity index (χ0) is 20.3. The van der Waals surface area contributed by atoms with Gasteiger partial charge in [0.25, 0.3) is 0 Å². The summed E-state index contributed by atoms with van der Waals surface area (Å²) in [6.07, 6.45) is 2.07. The largest absolute Gasteiger partial charge is 0.451 e. The summed E-state index contributed by atoms with van der Waals surface area (Å²) in [5.41, 5.74) is 2.59. The summed E-state index contributed by atoms with van der Waals surface area (Å²) in [5, 5.41) is 0.717. The van der Waals surface area contributed by atoms with Crippen LogP contribution < -0.4 is 0 Å². The summed E-state index contributed by atoms with van der Waals surface area (Å²) in [6.45, 7) is 7.94. The number of hydrogen-bond acceptors (Lipinski definition) is 5. The van der Waals surface area contributed by atoms with Crippen LogP contribution in [-0.4, -0.2) is 22.8 Å². The summed E-state index contributed by atoms with van der Waals surface area (Å²) in [6, 6.07) is 15.2. The molecule has 0 saturated carbocycles. The van der Waals surface area contributed by atoms with Crippen molar-refractivity contribution in [2.45, 2.75) is 39.2 Å². The summed E-state index contributed by atoms with van der Waals surface area (Å²) < 4.78 is 6.31. The first kappa shape index (κ1) is 20.0. The van der Waals surface area contributed by atoms with E-state index in [1.54, 1.807) is 25.1 Å². The lowest BCUT2D eigenvalue weighted by molar-refractivity contribution is -0.140. The van der Waals surface area contributed by atoms with Gasteiger partial charge in [-0.1, -0.05) is 57.2 Å². The van der Waals surface area contributed by atoms with Crippen LogP contribution >= 0.6 is 11.3 Å². The molecule has 3 rings (SSSR count). The van der Waals surface area contributed by atoms with Gasteiger partial charge in [0.15, 0.2) is 6.10 Å².